The number of aliphatic hydroxyl groups excluding tert-OH is 1. The fourth-order valence-corrected chi connectivity index (χ4v) is 0.865. The Morgan fingerprint density at radius 1 is 1.40 bits per heavy atom. The predicted octanol–water partition coefficient (Wildman–Crippen LogP) is -0.637. The molecule has 0 unspecified atom stereocenters. The second kappa shape index (κ2) is 7.19. The monoisotopic (exact) mass is 219 g/mol. The first-order chi connectivity index (χ1) is 6.97. The molecule has 3 N–H and O–H groups in total. The highest BCUT2D eigenvalue weighted by atomic mass is 16.5. The molecule has 0 bridgehead atoms. The van der Waals surface area contributed by atoms with E-state index in [4.69, 9.17) is 14.9 Å². The van der Waals surface area contributed by atoms with Crippen LogP contribution in [-0.2, 0) is 14.3 Å². The lowest BCUT2D eigenvalue weighted by atomic mass is 10.2. The molecule has 0 heterocycles. The highest BCUT2D eigenvalue weighted by Gasteiger charge is 2.19. The molecule has 0 aromatic heterocycles. The molecule has 6 heteroatoms. The quantitative estimate of drug-likeness (QED) is 0.529. The third kappa shape index (κ3) is 6.87. The lowest BCUT2D eigenvalue weighted by Crippen LogP contribution is -2.43. The summed E-state index contributed by atoms with van der Waals surface area (Å²) in [4.78, 5) is 21.8. The molecule has 88 valence electrons. The first-order valence-electron chi connectivity index (χ1n) is 4.72. The number of aliphatic carboxylic acids is 1. The summed E-state index contributed by atoms with van der Waals surface area (Å²) in [7, 11) is 0. The van der Waals surface area contributed by atoms with Gasteiger partial charge < -0.3 is 20.3 Å². The summed E-state index contributed by atoms with van der Waals surface area (Å²) < 4.78 is 4.99. The molecule has 0 aliphatic carbocycles. The van der Waals surface area contributed by atoms with Gasteiger partial charge in [0, 0.05) is 13.0 Å². The van der Waals surface area contributed by atoms with Crippen LogP contribution >= 0.6 is 0 Å². The van der Waals surface area contributed by atoms with Crippen LogP contribution in [0.15, 0.2) is 0 Å². The van der Waals surface area contributed by atoms with Crippen LogP contribution in [0, 0.1) is 0 Å². The van der Waals surface area contributed by atoms with Crippen LogP contribution in [0.5, 0.6) is 0 Å². The number of rotatable bonds is 7. The molecule has 0 spiro atoms. The average Bonchev–Trinajstić information content (AvgIpc) is 2.14. The molecule has 0 fully saturated rings. The van der Waals surface area contributed by atoms with Crippen molar-refractivity contribution < 1.29 is 24.5 Å². The lowest BCUT2D eigenvalue weighted by molar-refractivity contribution is -0.143. The number of carboxylic acids is 1. The maximum absolute atomic E-state index is 11.2. The van der Waals surface area contributed by atoms with Crippen molar-refractivity contribution in [3.63, 3.8) is 0 Å². The number of amides is 1. The maximum atomic E-state index is 11.2. The van der Waals surface area contributed by atoms with Crippen LogP contribution in [0.25, 0.3) is 0 Å². The molecule has 0 rings (SSSR count). The summed E-state index contributed by atoms with van der Waals surface area (Å²) in [5.74, 6) is -1.66. The molecule has 0 aliphatic heterocycles. The summed E-state index contributed by atoms with van der Waals surface area (Å²) in [5, 5.41) is 19.5. The van der Waals surface area contributed by atoms with Crippen molar-refractivity contribution >= 4 is 11.9 Å². The number of aliphatic hydroxyl groups is 1. The van der Waals surface area contributed by atoms with Crippen LogP contribution in [-0.4, -0.2) is 47.4 Å². The molecule has 1 atom stereocenters. The Morgan fingerprint density at radius 2 is 2.00 bits per heavy atom. The fourth-order valence-electron chi connectivity index (χ4n) is 0.865. The second-order valence-electron chi connectivity index (χ2n) is 3.33. The number of ether oxygens (including phenoxy) is 1. The Labute approximate surface area is 88.2 Å². The topological polar surface area (TPSA) is 95.9 Å². The molecular weight excluding hydrogens is 202 g/mol. The molecule has 0 aromatic carbocycles. The summed E-state index contributed by atoms with van der Waals surface area (Å²) in [6, 6.07) is -1.06. The van der Waals surface area contributed by atoms with Crippen LogP contribution in [0.4, 0.5) is 0 Å². The van der Waals surface area contributed by atoms with Gasteiger partial charge in [0.1, 0.15) is 12.6 Å². The normalized spacial score (nSPS) is 12.5. The molecule has 0 saturated carbocycles. The first kappa shape index (κ1) is 13.9. The zero-order valence-electron chi connectivity index (χ0n) is 8.90. The Kier molecular flexibility index (Phi) is 6.64. The van der Waals surface area contributed by atoms with E-state index in [9.17, 15) is 9.59 Å². The van der Waals surface area contributed by atoms with Crippen molar-refractivity contribution in [2.45, 2.75) is 32.4 Å². The Morgan fingerprint density at radius 3 is 2.40 bits per heavy atom. The van der Waals surface area contributed by atoms with E-state index < -0.39 is 17.9 Å². The second-order valence-corrected chi connectivity index (χ2v) is 3.33. The van der Waals surface area contributed by atoms with Crippen molar-refractivity contribution in [2.24, 2.45) is 0 Å². The Bertz CT molecular complexity index is 217. The average molecular weight is 219 g/mol. The van der Waals surface area contributed by atoms with E-state index in [0.717, 1.165) is 0 Å². The van der Waals surface area contributed by atoms with Gasteiger partial charge in [-0.05, 0) is 13.8 Å². The van der Waals surface area contributed by atoms with Crippen LogP contribution in [0.1, 0.15) is 20.3 Å². The first-order valence-corrected chi connectivity index (χ1v) is 4.72. The molecule has 0 aliphatic rings. The largest absolute Gasteiger partial charge is 0.480 e. The minimum atomic E-state index is -1.16. The number of hydrogen-bond donors (Lipinski definition) is 3. The number of nitrogens with one attached hydrogen (secondary N) is 1. The van der Waals surface area contributed by atoms with E-state index in [1.165, 1.54) is 0 Å². The number of carbonyl (C=O) groups is 2. The SMILES string of the molecule is CC(C)OCC(=O)N[C@@H](CCO)C(=O)O. The minimum Gasteiger partial charge on any atom is -0.480 e. The molecule has 0 aromatic rings. The minimum absolute atomic E-state index is 0.0112. The van der Waals surface area contributed by atoms with Crippen molar-refractivity contribution in [3.8, 4) is 0 Å². The molecule has 1 amide bonds. The fraction of sp³-hybridized carbons (Fsp3) is 0.778. The molecule has 0 saturated heterocycles. The standard InChI is InChI=1S/C9H17NO5/c1-6(2)15-5-8(12)10-7(3-4-11)9(13)14/h6-7,11H,3-5H2,1-2H3,(H,10,12)(H,13,14)/t7-/m0/s1. The Balaban J connectivity index is 3.94. The van der Waals surface area contributed by atoms with E-state index in [-0.39, 0.29) is 25.7 Å². The van der Waals surface area contributed by atoms with E-state index in [2.05, 4.69) is 5.32 Å². The molecule has 6 nitrogen and oxygen atoms in total. The lowest BCUT2D eigenvalue weighted by Gasteiger charge is -2.14. The van der Waals surface area contributed by atoms with Gasteiger partial charge in [0.2, 0.25) is 5.91 Å². The van der Waals surface area contributed by atoms with Crippen LogP contribution < -0.4 is 5.32 Å². The van der Waals surface area contributed by atoms with E-state index in [0.29, 0.717) is 0 Å². The van der Waals surface area contributed by atoms with Crippen molar-refractivity contribution in [3.05, 3.63) is 0 Å². The van der Waals surface area contributed by atoms with Gasteiger partial charge in [-0.2, -0.15) is 0 Å². The van der Waals surface area contributed by atoms with Crippen molar-refractivity contribution in [1.29, 1.82) is 0 Å². The van der Waals surface area contributed by atoms with Crippen LogP contribution in [0.2, 0.25) is 0 Å². The maximum Gasteiger partial charge on any atom is 0.326 e. The van der Waals surface area contributed by atoms with Gasteiger partial charge in [0.25, 0.3) is 0 Å². The highest BCUT2D eigenvalue weighted by molar-refractivity contribution is 5.84. The number of carbonyl (C=O) groups excluding carboxylic acids is 1. The van der Waals surface area contributed by atoms with Gasteiger partial charge in [0.05, 0.1) is 6.10 Å². The molecule has 15 heavy (non-hydrogen) atoms. The number of carboxylic acid groups (broad SMARTS) is 1. The van der Waals surface area contributed by atoms with Gasteiger partial charge in [-0.25, -0.2) is 4.79 Å². The Hall–Kier alpha value is -1.14. The third-order valence-electron chi connectivity index (χ3n) is 1.60. The van der Waals surface area contributed by atoms with Crippen molar-refractivity contribution in [2.75, 3.05) is 13.2 Å². The molecule has 0 radical (unpaired) electrons. The summed E-state index contributed by atoms with van der Waals surface area (Å²) >= 11 is 0. The van der Waals surface area contributed by atoms with E-state index >= 15 is 0 Å². The summed E-state index contributed by atoms with van der Waals surface area (Å²) in [5.41, 5.74) is 0. The predicted molar refractivity (Wildman–Crippen MR) is 52.4 cm³/mol. The summed E-state index contributed by atoms with van der Waals surface area (Å²) in [6.45, 7) is 3.08. The summed E-state index contributed by atoms with van der Waals surface area (Å²) in [6.07, 6.45) is -0.0974. The van der Waals surface area contributed by atoms with Gasteiger partial charge in [-0.15, -0.1) is 0 Å². The highest BCUT2D eigenvalue weighted by Crippen LogP contribution is 1.93. The third-order valence-corrected chi connectivity index (χ3v) is 1.60. The zero-order valence-corrected chi connectivity index (χ0v) is 8.90. The zero-order chi connectivity index (χ0) is 11.8. The van der Waals surface area contributed by atoms with E-state index in [1.807, 2.05) is 0 Å². The smallest absolute Gasteiger partial charge is 0.326 e. The van der Waals surface area contributed by atoms with Gasteiger partial charge in [-0.1, -0.05) is 0 Å². The number of hydrogen-bond acceptors (Lipinski definition) is 4. The van der Waals surface area contributed by atoms with Gasteiger partial charge >= 0.3 is 5.97 Å². The van der Waals surface area contributed by atoms with E-state index in [1.54, 1.807) is 13.8 Å². The van der Waals surface area contributed by atoms with Crippen molar-refractivity contribution in [1.82, 2.24) is 5.32 Å². The van der Waals surface area contributed by atoms with Gasteiger partial charge in [-0.3, -0.25) is 4.79 Å². The molecular formula is C9H17NO5. The van der Waals surface area contributed by atoms with Crippen LogP contribution in [0.3, 0.4) is 0 Å². The van der Waals surface area contributed by atoms with Gasteiger partial charge in [0.15, 0.2) is 0 Å².